The molecule has 0 fully saturated rings. The van der Waals surface area contributed by atoms with Crippen molar-refractivity contribution in [2.45, 2.75) is 47.2 Å². The second kappa shape index (κ2) is 11.7. The van der Waals surface area contributed by atoms with E-state index < -0.39 is 0 Å². The zero-order chi connectivity index (χ0) is 18.1. The molecule has 2 rings (SSSR count). The molecule has 0 radical (unpaired) electrons. The number of halogens is 1. The van der Waals surface area contributed by atoms with Crippen LogP contribution in [0.2, 0.25) is 0 Å². The molecule has 8 heteroatoms. The van der Waals surface area contributed by atoms with E-state index in [-0.39, 0.29) is 24.0 Å². The third-order valence-corrected chi connectivity index (χ3v) is 3.52. The summed E-state index contributed by atoms with van der Waals surface area (Å²) < 4.78 is 11.3. The van der Waals surface area contributed by atoms with Gasteiger partial charge in [-0.3, -0.25) is 0 Å². The monoisotopic (exact) mass is 473 g/mol. The number of aliphatic imine (C=N–C) groups is 1. The summed E-state index contributed by atoms with van der Waals surface area (Å²) in [6, 6.07) is 3.87. The van der Waals surface area contributed by atoms with Crippen LogP contribution in [0.3, 0.4) is 0 Å². The molecule has 7 nitrogen and oxygen atoms in total. The summed E-state index contributed by atoms with van der Waals surface area (Å²) in [4.78, 5) is 13.3. The zero-order valence-corrected chi connectivity index (χ0v) is 18.2. The van der Waals surface area contributed by atoms with Gasteiger partial charge in [0.2, 0.25) is 11.8 Å². The van der Waals surface area contributed by atoms with Crippen molar-refractivity contribution in [2.75, 3.05) is 13.2 Å². The van der Waals surface area contributed by atoms with Gasteiger partial charge in [0.1, 0.15) is 5.76 Å². The molecule has 0 aliphatic heterocycles. The van der Waals surface area contributed by atoms with E-state index in [9.17, 15) is 0 Å². The molecular formula is C18H28IN5O2. The highest BCUT2D eigenvalue weighted by atomic mass is 127. The van der Waals surface area contributed by atoms with Crippen molar-refractivity contribution in [3.05, 3.63) is 41.2 Å². The van der Waals surface area contributed by atoms with Crippen molar-refractivity contribution in [3.8, 4) is 5.88 Å². The Bertz CT molecular complexity index is 683. The maximum atomic E-state index is 5.68. The van der Waals surface area contributed by atoms with Gasteiger partial charge in [-0.1, -0.05) is 13.0 Å². The Hall–Kier alpha value is -1.84. The normalized spacial score (nSPS) is 11.0. The standard InChI is InChI=1S/C18H27N5O2.HI/c1-5-10-24-17-15(8-7-9-20-17)11-21-18(19-6-2)22-12-16-23-13(3)14(4)25-16;/h7-9H,5-6,10-12H2,1-4H3,(H2,19,21,22);1H. The third-order valence-electron chi connectivity index (χ3n) is 3.52. The summed E-state index contributed by atoms with van der Waals surface area (Å²) in [6.45, 7) is 10.3. The van der Waals surface area contributed by atoms with Crippen LogP contribution in [-0.2, 0) is 13.1 Å². The second-order valence-corrected chi connectivity index (χ2v) is 5.61. The SMILES string of the molecule is CCCOc1ncccc1CN=C(NCC)NCc1nc(C)c(C)o1.I. The maximum absolute atomic E-state index is 5.68. The fraction of sp³-hybridized carbons (Fsp3) is 0.500. The number of ether oxygens (including phenoxy) is 1. The van der Waals surface area contributed by atoms with E-state index in [4.69, 9.17) is 9.15 Å². The minimum atomic E-state index is 0. The van der Waals surface area contributed by atoms with Gasteiger partial charge >= 0.3 is 0 Å². The van der Waals surface area contributed by atoms with Crippen LogP contribution < -0.4 is 15.4 Å². The van der Waals surface area contributed by atoms with Crippen LogP contribution in [0.4, 0.5) is 0 Å². The van der Waals surface area contributed by atoms with Crippen LogP contribution in [0.25, 0.3) is 0 Å². The van der Waals surface area contributed by atoms with E-state index in [1.165, 1.54) is 0 Å². The number of pyridine rings is 1. The molecule has 0 bridgehead atoms. The summed E-state index contributed by atoms with van der Waals surface area (Å²) in [5.74, 6) is 2.82. The van der Waals surface area contributed by atoms with Crippen LogP contribution in [0.5, 0.6) is 5.88 Å². The van der Waals surface area contributed by atoms with Crippen LogP contribution in [0.15, 0.2) is 27.7 Å². The van der Waals surface area contributed by atoms with Crippen LogP contribution in [0.1, 0.15) is 43.2 Å². The highest BCUT2D eigenvalue weighted by molar-refractivity contribution is 14.0. The average molecular weight is 473 g/mol. The number of hydrogen-bond acceptors (Lipinski definition) is 5. The predicted octanol–water partition coefficient (Wildman–Crippen LogP) is 3.35. The van der Waals surface area contributed by atoms with Crippen LogP contribution in [0, 0.1) is 13.8 Å². The molecule has 0 aliphatic carbocycles. The third kappa shape index (κ3) is 6.81. The van der Waals surface area contributed by atoms with Crippen LogP contribution in [-0.4, -0.2) is 29.1 Å². The summed E-state index contributed by atoms with van der Waals surface area (Å²) in [5.41, 5.74) is 1.86. The van der Waals surface area contributed by atoms with Crippen molar-refractivity contribution < 1.29 is 9.15 Å². The van der Waals surface area contributed by atoms with Crippen molar-refractivity contribution in [3.63, 3.8) is 0 Å². The number of oxazole rings is 1. The first-order valence-corrected chi connectivity index (χ1v) is 8.65. The number of aromatic nitrogens is 2. The highest BCUT2D eigenvalue weighted by Gasteiger charge is 2.08. The number of hydrogen-bond donors (Lipinski definition) is 2. The molecule has 0 aliphatic rings. The Balaban J connectivity index is 0.00000338. The number of guanidine groups is 1. The van der Waals surface area contributed by atoms with E-state index >= 15 is 0 Å². The highest BCUT2D eigenvalue weighted by Crippen LogP contribution is 2.15. The van der Waals surface area contributed by atoms with E-state index in [1.54, 1.807) is 6.20 Å². The lowest BCUT2D eigenvalue weighted by molar-refractivity contribution is 0.302. The average Bonchev–Trinajstić information content (AvgIpc) is 2.94. The molecule has 0 saturated heterocycles. The molecule has 0 spiro atoms. The van der Waals surface area contributed by atoms with Gasteiger partial charge in [-0.25, -0.2) is 15.0 Å². The molecule has 0 atom stereocenters. The minimum Gasteiger partial charge on any atom is -0.477 e. The van der Waals surface area contributed by atoms with Gasteiger partial charge in [0.15, 0.2) is 5.96 Å². The van der Waals surface area contributed by atoms with Gasteiger partial charge in [0.05, 0.1) is 25.4 Å². The molecule has 2 N–H and O–H groups in total. The Morgan fingerprint density at radius 3 is 2.73 bits per heavy atom. The number of nitrogens with one attached hydrogen (secondary N) is 2. The minimum absolute atomic E-state index is 0. The zero-order valence-electron chi connectivity index (χ0n) is 15.8. The molecule has 2 heterocycles. The number of rotatable bonds is 8. The Labute approximate surface area is 172 Å². The van der Waals surface area contributed by atoms with Crippen molar-refractivity contribution in [2.24, 2.45) is 4.99 Å². The van der Waals surface area contributed by atoms with Crippen molar-refractivity contribution in [1.29, 1.82) is 0 Å². The van der Waals surface area contributed by atoms with E-state index in [1.807, 2.05) is 32.9 Å². The first kappa shape index (κ1) is 22.2. The largest absolute Gasteiger partial charge is 0.477 e. The fourth-order valence-corrected chi connectivity index (χ4v) is 2.15. The van der Waals surface area contributed by atoms with Crippen molar-refractivity contribution >= 4 is 29.9 Å². The maximum Gasteiger partial charge on any atom is 0.218 e. The Kier molecular flexibility index (Phi) is 10.0. The smallest absolute Gasteiger partial charge is 0.218 e. The molecule has 144 valence electrons. The number of aryl methyl sites for hydroxylation is 2. The lowest BCUT2D eigenvalue weighted by atomic mass is 10.3. The summed E-state index contributed by atoms with van der Waals surface area (Å²) in [6.07, 6.45) is 2.67. The summed E-state index contributed by atoms with van der Waals surface area (Å²) in [5, 5.41) is 6.45. The first-order valence-electron chi connectivity index (χ1n) is 8.65. The fourth-order valence-electron chi connectivity index (χ4n) is 2.15. The molecule has 26 heavy (non-hydrogen) atoms. The Morgan fingerprint density at radius 1 is 1.27 bits per heavy atom. The first-order chi connectivity index (χ1) is 12.1. The lowest BCUT2D eigenvalue weighted by Gasteiger charge is -2.11. The van der Waals surface area contributed by atoms with Gasteiger partial charge in [-0.15, -0.1) is 24.0 Å². The molecule has 2 aromatic rings. The quantitative estimate of drug-likeness (QED) is 0.348. The lowest BCUT2D eigenvalue weighted by Crippen LogP contribution is -2.36. The summed E-state index contributed by atoms with van der Waals surface area (Å²) >= 11 is 0. The predicted molar refractivity (Wildman–Crippen MR) is 113 cm³/mol. The molecule has 0 aromatic carbocycles. The Morgan fingerprint density at radius 2 is 2.08 bits per heavy atom. The van der Waals surface area contributed by atoms with E-state index in [0.717, 1.165) is 30.0 Å². The van der Waals surface area contributed by atoms with Gasteiger partial charge in [-0.05, 0) is 33.3 Å². The van der Waals surface area contributed by atoms with Gasteiger partial charge in [0, 0.05) is 18.3 Å². The van der Waals surface area contributed by atoms with Gasteiger partial charge in [0.25, 0.3) is 0 Å². The second-order valence-electron chi connectivity index (χ2n) is 5.61. The van der Waals surface area contributed by atoms with Crippen molar-refractivity contribution in [1.82, 2.24) is 20.6 Å². The van der Waals surface area contributed by atoms with E-state index in [2.05, 4.69) is 32.5 Å². The number of nitrogens with zero attached hydrogens (tertiary/aromatic N) is 3. The molecule has 2 aromatic heterocycles. The molecular weight excluding hydrogens is 445 g/mol. The van der Waals surface area contributed by atoms with Gasteiger partial charge in [-0.2, -0.15) is 0 Å². The molecule has 0 saturated carbocycles. The molecule has 0 unspecified atom stereocenters. The van der Waals surface area contributed by atoms with Gasteiger partial charge < -0.3 is 19.8 Å². The van der Waals surface area contributed by atoms with Crippen LogP contribution >= 0.6 is 24.0 Å². The molecule has 0 amide bonds. The summed E-state index contributed by atoms with van der Waals surface area (Å²) in [7, 11) is 0. The van der Waals surface area contributed by atoms with E-state index in [0.29, 0.717) is 37.4 Å². The topological polar surface area (TPSA) is 84.6 Å².